The van der Waals surface area contributed by atoms with E-state index >= 15 is 0 Å². The topological polar surface area (TPSA) is 30.7 Å². The van der Waals surface area contributed by atoms with Gasteiger partial charge in [-0.05, 0) is 40.8 Å². The van der Waals surface area contributed by atoms with Gasteiger partial charge in [-0.3, -0.25) is 4.57 Å². The highest BCUT2D eigenvalue weighted by Gasteiger charge is 2.14. The average molecular weight is 404 g/mol. The molecule has 0 amide bonds. The van der Waals surface area contributed by atoms with Gasteiger partial charge in [-0.2, -0.15) is 0 Å². The number of fused-ring (bicyclic) bond motifs is 1. The van der Waals surface area contributed by atoms with E-state index in [0.29, 0.717) is 10.9 Å². The fraction of sp³-hybridized carbons (Fsp3) is 0.0769. The maximum atomic E-state index is 6.00. The van der Waals surface area contributed by atoms with Gasteiger partial charge in [0, 0.05) is 9.77 Å². The molecule has 19 heavy (non-hydrogen) atoms. The number of hydrogen-bond donors (Lipinski definition) is 0. The summed E-state index contributed by atoms with van der Waals surface area (Å²) in [5.41, 5.74) is 2.54. The van der Waals surface area contributed by atoms with Gasteiger partial charge < -0.3 is 0 Å². The second-order valence-electron chi connectivity index (χ2n) is 3.94. The van der Waals surface area contributed by atoms with E-state index in [4.69, 9.17) is 23.2 Å². The third-order valence-electron chi connectivity index (χ3n) is 2.75. The van der Waals surface area contributed by atoms with Crippen molar-refractivity contribution in [2.24, 2.45) is 0 Å². The molecule has 0 aliphatic rings. The number of nitrogens with zero attached hydrogens (tertiary/aromatic N) is 3. The zero-order chi connectivity index (χ0) is 13.4. The smallest absolute Gasteiger partial charge is 0.164 e. The Hall–Kier alpha value is -0.850. The summed E-state index contributed by atoms with van der Waals surface area (Å²) < 4.78 is 3.09. The van der Waals surface area contributed by atoms with Crippen molar-refractivity contribution in [3.8, 4) is 5.69 Å². The van der Waals surface area contributed by atoms with Crippen LogP contribution in [0.4, 0.5) is 0 Å². The quantitative estimate of drug-likeness (QED) is 0.468. The van der Waals surface area contributed by atoms with E-state index in [2.05, 4.69) is 32.6 Å². The lowest BCUT2D eigenvalue weighted by Crippen LogP contribution is -2.02. The minimum Gasteiger partial charge on any atom is -0.279 e. The maximum Gasteiger partial charge on any atom is 0.164 e. The molecule has 0 saturated heterocycles. The Morgan fingerprint density at radius 2 is 2.05 bits per heavy atom. The average Bonchev–Trinajstić information content (AvgIpc) is 2.76. The first-order valence-electron chi connectivity index (χ1n) is 5.54. The molecule has 6 heteroatoms. The number of benzene rings is 1. The number of rotatable bonds is 2. The molecular formula is C13H8Cl2IN3. The van der Waals surface area contributed by atoms with Gasteiger partial charge in [-0.25, -0.2) is 9.97 Å². The summed E-state index contributed by atoms with van der Waals surface area (Å²) in [5, 5.41) is 0.570. The summed E-state index contributed by atoms with van der Waals surface area (Å²) in [5.74, 6) is 1.08. The second kappa shape index (κ2) is 5.26. The molecule has 0 aliphatic carbocycles. The molecule has 3 aromatic rings. The molecule has 1 aromatic carbocycles. The highest BCUT2D eigenvalue weighted by Crippen LogP contribution is 2.25. The Bertz CT molecular complexity index is 755. The predicted molar refractivity (Wildman–Crippen MR) is 86.1 cm³/mol. The van der Waals surface area contributed by atoms with E-state index in [9.17, 15) is 0 Å². The first-order chi connectivity index (χ1) is 9.20. The van der Waals surface area contributed by atoms with Gasteiger partial charge in [-0.1, -0.05) is 23.7 Å². The van der Waals surface area contributed by atoms with Crippen molar-refractivity contribution in [3.63, 3.8) is 0 Å². The molecule has 3 nitrogen and oxygen atoms in total. The van der Waals surface area contributed by atoms with Gasteiger partial charge in [0.25, 0.3) is 0 Å². The third kappa shape index (κ3) is 2.32. The van der Waals surface area contributed by atoms with Crippen LogP contribution in [0.2, 0.25) is 5.02 Å². The van der Waals surface area contributed by atoms with Crippen molar-refractivity contribution in [1.82, 2.24) is 14.5 Å². The fourth-order valence-corrected chi connectivity index (χ4v) is 2.92. The summed E-state index contributed by atoms with van der Waals surface area (Å²) in [6.07, 6.45) is 1.62. The summed E-state index contributed by atoms with van der Waals surface area (Å²) in [4.78, 5) is 8.86. The largest absolute Gasteiger partial charge is 0.279 e. The predicted octanol–water partition coefficient (Wildman–Crippen LogP) is 4.42. The lowest BCUT2D eigenvalue weighted by Gasteiger charge is -2.09. The van der Waals surface area contributed by atoms with Crippen molar-refractivity contribution in [2.75, 3.05) is 0 Å². The van der Waals surface area contributed by atoms with Crippen molar-refractivity contribution in [1.29, 1.82) is 0 Å². The number of pyridine rings is 1. The molecule has 0 atom stereocenters. The van der Waals surface area contributed by atoms with E-state index in [-0.39, 0.29) is 0 Å². The summed E-state index contributed by atoms with van der Waals surface area (Å²) in [7, 11) is 0. The van der Waals surface area contributed by atoms with Gasteiger partial charge in [-0.15, -0.1) is 11.6 Å². The van der Waals surface area contributed by atoms with Crippen LogP contribution < -0.4 is 0 Å². The SMILES string of the molecule is ClCc1nc2cc(Cl)cnc2n1-c1ccccc1I. The summed E-state index contributed by atoms with van der Waals surface area (Å²) in [6, 6.07) is 9.84. The number of hydrogen-bond acceptors (Lipinski definition) is 2. The Morgan fingerprint density at radius 3 is 2.79 bits per heavy atom. The van der Waals surface area contributed by atoms with Crippen molar-refractivity contribution < 1.29 is 0 Å². The number of imidazole rings is 1. The van der Waals surface area contributed by atoms with Crippen LogP contribution in [-0.4, -0.2) is 14.5 Å². The van der Waals surface area contributed by atoms with Crippen LogP contribution in [0.3, 0.4) is 0 Å². The minimum absolute atomic E-state index is 0.318. The van der Waals surface area contributed by atoms with Crippen LogP contribution in [0, 0.1) is 3.57 Å². The van der Waals surface area contributed by atoms with E-state index in [0.717, 1.165) is 26.2 Å². The van der Waals surface area contributed by atoms with Gasteiger partial charge in [0.15, 0.2) is 5.65 Å². The number of para-hydroxylation sites is 1. The van der Waals surface area contributed by atoms with E-state index < -0.39 is 0 Å². The van der Waals surface area contributed by atoms with Crippen LogP contribution in [-0.2, 0) is 5.88 Å². The Labute approximate surface area is 133 Å². The first-order valence-corrected chi connectivity index (χ1v) is 7.53. The van der Waals surface area contributed by atoms with Gasteiger partial charge in [0.1, 0.15) is 11.3 Å². The molecule has 2 heterocycles. The van der Waals surface area contributed by atoms with Crippen molar-refractivity contribution in [3.05, 3.63) is 50.9 Å². The molecule has 0 unspecified atom stereocenters. The summed E-state index contributed by atoms with van der Waals surface area (Å²) >= 11 is 14.2. The minimum atomic E-state index is 0.318. The highest BCUT2D eigenvalue weighted by molar-refractivity contribution is 14.1. The molecule has 0 saturated carbocycles. The molecule has 0 radical (unpaired) electrons. The third-order valence-corrected chi connectivity index (χ3v) is 4.10. The maximum absolute atomic E-state index is 6.00. The highest BCUT2D eigenvalue weighted by atomic mass is 127. The molecule has 0 aliphatic heterocycles. The standard InChI is InChI=1S/C13H8Cl2IN3/c14-6-12-18-10-5-8(15)7-17-13(10)19(12)11-4-2-1-3-9(11)16/h1-5,7H,6H2. The van der Waals surface area contributed by atoms with Crippen LogP contribution in [0.25, 0.3) is 16.9 Å². The molecule has 96 valence electrons. The fourth-order valence-electron chi connectivity index (χ4n) is 1.96. The van der Waals surface area contributed by atoms with Gasteiger partial charge >= 0.3 is 0 Å². The Morgan fingerprint density at radius 1 is 1.26 bits per heavy atom. The zero-order valence-corrected chi connectivity index (χ0v) is 13.3. The molecule has 2 aromatic heterocycles. The van der Waals surface area contributed by atoms with Crippen LogP contribution in [0.15, 0.2) is 36.5 Å². The Kier molecular flexibility index (Phi) is 3.64. The lowest BCUT2D eigenvalue weighted by atomic mass is 10.3. The number of aromatic nitrogens is 3. The first kappa shape index (κ1) is 13.1. The van der Waals surface area contributed by atoms with E-state index in [1.54, 1.807) is 12.3 Å². The molecule has 0 fully saturated rings. The molecule has 3 rings (SSSR count). The van der Waals surface area contributed by atoms with Crippen LogP contribution in [0.5, 0.6) is 0 Å². The van der Waals surface area contributed by atoms with E-state index in [1.165, 1.54) is 0 Å². The number of alkyl halides is 1. The summed E-state index contributed by atoms with van der Waals surface area (Å²) in [6.45, 7) is 0. The van der Waals surface area contributed by atoms with Gasteiger partial charge in [0.05, 0.1) is 16.6 Å². The van der Waals surface area contributed by atoms with Crippen LogP contribution >= 0.6 is 45.8 Å². The molecule has 0 bridgehead atoms. The number of halogens is 3. The molecule has 0 N–H and O–H groups in total. The molecule has 0 spiro atoms. The second-order valence-corrected chi connectivity index (χ2v) is 5.81. The molecular weight excluding hydrogens is 396 g/mol. The van der Waals surface area contributed by atoms with Crippen molar-refractivity contribution >= 4 is 57.0 Å². The lowest BCUT2D eigenvalue weighted by molar-refractivity contribution is 0.965. The van der Waals surface area contributed by atoms with Crippen molar-refractivity contribution in [2.45, 2.75) is 5.88 Å². The zero-order valence-electron chi connectivity index (χ0n) is 9.65. The van der Waals surface area contributed by atoms with E-state index in [1.807, 2.05) is 28.8 Å². The van der Waals surface area contributed by atoms with Gasteiger partial charge in [0.2, 0.25) is 0 Å². The normalized spacial score (nSPS) is 11.1. The van der Waals surface area contributed by atoms with Crippen LogP contribution in [0.1, 0.15) is 5.82 Å². The Balaban J connectivity index is 2.36. The monoisotopic (exact) mass is 403 g/mol.